The van der Waals surface area contributed by atoms with Crippen molar-refractivity contribution in [3.63, 3.8) is 0 Å². The number of nitrogens with one attached hydrogen (secondary N) is 1. The summed E-state index contributed by atoms with van der Waals surface area (Å²) in [5.41, 5.74) is 0.760. The molecule has 0 spiro atoms. The second kappa shape index (κ2) is 5.71. The predicted octanol–water partition coefficient (Wildman–Crippen LogP) is 2.58. The van der Waals surface area contributed by atoms with Gasteiger partial charge in [-0.15, -0.1) is 0 Å². The summed E-state index contributed by atoms with van der Waals surface area (Å²) < 4.78 is 6.27. The Balaban J connectivity index is 1.90. The van der Waals surface area contributed by atoms with Crippen LogP contribution >= 0.6 is 0 Å². The highest BCUT2D eigenvalue weighted by molar-refractivity contribution is 5.11. The van der Waals surface area contributed by atoms with E-state index < -0.39 is 0 Å². The average molecular weight is 269 g/mol. The summed E-state index contributed by atoms with van der Waals surface area (Å²) >= 11 is 0. The Morgan fingerprint density at radius 1 is 1.37 bits per heavy atom. The van der Waals surface area contributed by atoms with Crippen LogP contribution in [0.5, 0.6) is 0 Å². The molecule has 2 aliphatic rings. The first-order chi connectivity index (χ1) is 8.95. The van der Waals surface area contributed by atoms with Crippen molar-refractivity contribution in [2.45, 2.75) is 65.5 Å². The van der Waals surface area contributed by atoms with Gasteiger partial charge in [-0.05, 0) is 49.0 Å². The number of rotatable bonds is 7. The lowest BCUT2D eigenvalue weighted by molar-refractivity contribution is -0.0547. The second-order valence-electron chi connectivity index (χ2n) is 7.20. The van der Waals surface area contributed by atoms with Gasteiger partial charge in [0.05, 0.1) is 12.7 Å². The minimum absolute atomic E-state index is 0.233. The van der Waals surface area contributed by atoms with E-state index in [1.165, 1.54) is 19.3 Å². The molecule has 0 radical (unpaired) electrons. The zero-order valence-electron chi connectivity index (χ0n) is 13.0. The van der Waals surface area contributed by atoms with E-state index in [2.05, 4.69) is 33.0 Å². The lowest BCUT2D eigenvalue weighted by atomic mass is 9.70. The Kier molecular flexibility index (Phi) is 4.59. The van der Waals surface area contributed by atoms with Gasteiger partial charge in [-0.1, -0.05) is 27.7 Å². The molecule has 0 aromatic rings. The predicted molar refractivity (Wildman–Crippen MR) is 78.1 cm³/mol. The molecule has 0 amide bonds. The molecule has 2 N–H and O–H groups in total. The summed E-state index contributed by atoms with van der Waals surface area (Å²) in [6.07, 6.45) is 5.09. The number of aliphatic hydroxyl groups is 1. The van der Waals surface area contributed by atoms with Crippen LogP contribution in [0.25, 0.3) is 0 Å². The van der Waals surface area contributed by atoms with E-state index in [0.29, 0.717) is 23.0 Å². The molecule has 2 rings (SSSR count). The van der Waals surface area contributed by atoms with E-state index in [1.54, 1.807) is 0 Å². The molecule has 0 aromatic heterocycles. The minimum Gasteiger partial charge on any atom is -0.396 e. The average Bonchev–Trinajstić information content (AvgIpc) is 2.69. The highest BCUT2D eigenvalue weighted by Crippen LogP contribution is 2.66. The van der Waals surface area contributed by atoms with Crippen LogP contribution in [-0.4, -0.2) is 37.0 Å². The van der Waals surface area contributed by atoms with Crippen LogP contribution in [0.2, 0.25) is 0 Å². The minimum atomic E-state index is 0.233. The molecule has 19 heavy (non-hydrogen) atoms. The molecule has 4 atom stereocenters. The number of hydrogen-bond donors (Lipinski definition) is 2. The van der Waals surface area contributed by atoms with E-state index in [1.807, 2.05) is 0 Å². The summed E-state index contributed by atoms with van der Waals surface area (Å²) in [6.45, 7) is 11.3. The van der Waals surface area contributed by atoms with Crippen LogP contribution in [0.15, 0.2) is 0 Å². The summed E-state index contributed by atoms with van der Waals surface area (Å²) in [5, 5.41) is 12.5. The highest BCUT2D eigenvalue weighted by atomic mass is 16.5. The SMILES string of the molecule is CCNC(CCO)COC1CC2CCC1(C)C2(C)C. The standard InChI is InChI=1S/C16H31NO2/c1-5-17-13(7-9-18)11-19-14-10-12-6-8-16(14,4)15(12,2)3/h12-14,17-18H,5-11H2,1-4H3. The van der Waals surface area contributed by atoms with Crippen molar-refractivity contribution in [3.8, 4) is 0 Å². The maximum atomic E-state index is 9.10. The van der Waals surface area contributed by atoms with Gasteiger partial charge < -0.3 is 15.2 Å². The fourth-order valence-electron chi connectivity index (χ4n) is 4.30. The summed E-state index contributed by atoms with van der Waals surface area (Å²) in [4.78, 5) is 0. The Labute approximate surface area is 118 Å². The third-order valence-electron chi connectivity index (χ3n) is 6.18. The number of ether oxygens (including phenoxy) is 1. The van der Waals surface area contributed by atoms with Gasteiger partial charge >= 0.3 is 0 Å². The normalized spacial score (nSPS) is 37.7. The first-order valence-corrected chi connectivity index (χ1v) is 7.91. The molecule has 0 heterocycles. The van der Waals surface area contributed by atoms with Gasteiger partial charge in [0.15, 0.2) is 0 Å². The smallest absolute Gasteiger partial charge is 0.0637 e. The molecule has 2 saturated carbocycles. The van der Waals surface area contributed by atoms with Crippen LogP contribution in [-0.2, 0) is 4.74 Å². The molecule has 2 fully saturated rings. The van der Waals surface area contributed by atoms with Crippen molar-refractivity contribution >= 4 is 0 Å². The van der Waals surface area contributed by atoms with Crippen LogP contribution in [0.1, 0.15) is 53.4 Å². The van der Waals surface area contributed by atoms with Crippen LogP contribution < -0.4 is 5.32 Å². The second-order valence-corrected chi connectivity index (χ2v) is 7.20. The van der Waals surface area contributed by atoms with Crippen molar-refractivity contribution in [3.05, 3.63) is 0 Å². The van der Waals surface area contributed by atoms with E-state index in [9.17, 15) is 0 Å². The zero-order chi connectivity index (χ0) is 14.1. The van der Waals surface area contributed by atoms with Crippen LogP contribution in [0.3, 0.4) is 0 Å². The Bertz CT molecular complexity index is 299. The first-order valence-electron chi connectivity index (χ1n) is 7.91. The molecule has 2 bridgehead atoms. The highest BCUT2D eigenvalue weighted by Gasteiger charge is 2.61. The van der Waals surface area contributed by atoms with Gasteiger partial charge in [0, 0.05) is 12.6 Å². The molecule has 3 nitrogen and oxygen atoms in total. The van der Waals surface area contributed by atoms with Crippen LogP contribution in [0, 0.1) is 16.7 Å². The fraction of sp³-hybridized carbons (Fsp3) is 1.00. The molecular weight excluding hydrogens is 238 g/mol. The monoisotopic (exact) mass is 269 g/mol. The van der Waals surface area contributed by atoms with E-state index in [4.69, 9.17) is 9.84 Å². The lowest BCUT2D eigenvalue weighted by Gasteiger charge is -2.39. The van der Waals surface area contributed by atoms with Crippen molar-refractivity contribution in [1.82, 2.24) is 5.32 Å². The molecule has 2 aliphatic carbocycles. The van der Waals surface area contributed by atoms with Crippen molar-refractivity contribution in [2.24, 2.45) is 16.7 Å². The van der Waals surface area contributed by atoms with Crippen molar-refractivity contribution in [2.75, 3.05) is 19.8 Å². The fourth-order valence-corrected chi connectivity index (χ4v) is 4.30. The van der Waals surface area contributed by atoms with Gasteiger partial charge in [-0.25, -0.2) is 0 Å². The summed E-state index contributed by atoms with van der Waals surface area (Å²) in [7, 11) is 0. The number of aliphatic hydroxyl groups excluding tert-OH is 1. The molecular formula is C16H31NO2. The third kappa shape index (κ3) is 2.57. The molecule has 4 unspecified atom stereocenters. The van der Waals surface area contributed by atoms with Gasteiger partial charge in [-0.2, -0.15) is 0 Å². The first kappa shape index (κ1) is 15.3. The van der Waals surface area contributed by atoms with Crippen molar-refractivity contribution in [1.29, 1.82) is 0 Å². The third-order valence-corrected chi connectivity index (χ3v) is 6.18. The molecule has 112 valence electrons. The number of likely N-dealkylation sites (N-methyl/N-ethyl adjacent to an activating group) is 1. The van der Waals surface area contributed by atoms with E-state index in [0.717, 1.165) is 25.5 Å². The Morgan fingerprint density at radius 2 is 2.11 bits per heavy atom. The van der Waals surface area contributed by atoms with E-state index >= 15 is 0 Å². The summed E-state index contributed by atoms with van der Waals surface area (Å²) in [5.74, 6) is 0.831. The van der Waals surface area contributed by atoms with Gasteiger partial charge in [-0.3, -0.25) is 0 Å². The topological polar surface area (TPSA) is 41.5 Å². The number of hydrogen-bond acceptors (Lipinski definition) is 3. The molecule has 0 aromatic carbocycles. The van der Waals surface area contributed by atoms with Crippen LogP contribution in [0.4, 0.5) is 0 Å². The van der Waals surface area contributed by atoms with Gasteiger partial charge in [0.2, 0.25) is 0 Å². The zero-order valence-corrected chi connectivity index (χ0v) is 13.0. The molecule has 0 aliphatic heterocycles. The Morgan fingerprint density at radius 3 is 2.58 bits per heavy atom. The van der Waals surface area contributed by atoms with Crippen molar-refractivity contribution < 1.29 is 9.84 Å². The quantitative estimate of drug-likeness (QED) is 0.746. The molecule has 0 saturated heterocycles. The summed E-state index contributed by atoms with van der Waals surface area (Å²) in [6, 6.07) is 0.292. The lowest BCUT2D eigenvalue weighted by Crippen LogP contribution is -2.41. The molecule has 3 heteroatoms. The van der Waals surface area contributed by atoms with E-state index in [-0.39, 0.29) is 6.61 Å². The Hall–Kier alpha value is -0.120. The maximum Gasteiger partial charge on any atom is 0.0637 e. The largest absolute Gasteiger partial charge is 0.396 e. The number of fused-ring (bicyclic) bond motifs is 2. The maximum absolute atomic E-state index is 9.10. The van der Waals surface area contributed by atoms with Gasteiger partial charge in [0.1, 0.15) is 0 Å². The van der Waals surface area contributed by atoms with Gasteiger partial charge in [0.25, 0.3) is 0 Å².